The van der Waals surface area contributed by atoms with E-state index in [4.69, 9.17) is 14.0 Å². The van der Waals surface area contributed by atoms with Gasteiger partial charge in [-0.3, -0.25) is 14.7 Å². The zero-order chi connectivity index (χ0) is 22.2. The molecule has 2 aliphatic heterocycles. The summed E-state index contributed by atoms with van der Waals surface area (Å²) in [4.78, 5) is 30.2. The highest BCUT2D eigenvalue weighted by Crippen LogP contribution is 2.41. The molecule has 1 aromatic carbocycles. The number of anilines is 1. The van der Waals surface area contributed by atoms with Crippen molar-refractivity contribution in [2.24, 2.45) is 0 Å². The van der Waals surface area contributed by atoms with Gasteiger partial charge in [0.05, 0.1) is 24.5 Å². The van der Waals surface area contributed by atoms with Gasteiger partial charge in [0.25, 0.3) is 0 Å². The van der Waals surface area contributed by atoms with Crippen molar-refractivity contribution in [1.29, 1.82) is 0 Å². The van der Waals surface area contributed by atoms with Crippen molar-refractivity contribution in [2.45, 2.75) is 44.8 Å². The third-order valence-electron chi connectivity index (χ3n) is 6.11. The number of hydrogen-bond acceptors (Lipinski definition) is 7. The van der Waals surface area contributed by atoms with Crippen LogP contribution in [0.1, 0.15) is 31.1 Å². The summed E-state index contributed by atoms with van der Waals surface area (Å²) in [6, 6.07) is 11.8. The van der Waals surface area contributed by atoms with Crippen molar-refractivity contribution in [3.63, 3.8) is 0 Å². The first-order valence-electron chi connectivity index (χ1n) is 10.7. The molecule has 1 saturated heterocycles. The molecule has 0 N–H and O–H groups in total. The molecular formula is C24H23N3O5. The molecule has 0 saturated carbocycles. The Morgan fingerprint density at radius 1 is 1.19 bits per heavy atom. The van der Waals surface area contributed by atoms with E-state index in [9.17, 15) is 9.59 Å². The normalized spacial score (nSPS) is 18.9. The summed E-state index contributed by atoms with van der Waals surface area (Å²) in [7, 11) is 1.36. The lowest BCUT2D eigenvalue weighted by atomic mass is 9.99. The SMILES string of the molecule is CCc1cc(-c2ccc(-c3ccc4c(c3)C[C@H]3[C@H](CCC(=O)OC)OC(=O)N43)cn2)no1. The van der Waals surface area contributed by atoms with Gasteiger partial charge < -0.3 is 14.0 Å². The topological polar surface area (TPSA) is 94.8 Å². The van der Waals surface area contributed by atoms with Gasteiger partial charge in [-0.1, -0.05) is 24.2 Å². The van der Waals surface area contributed by atoms with E-state index in [0.717, 1.165) is 45.9 Å². The minimum absolute atomic E-state index is 0.0992. The highest BCUT2D eigenvalue weighted by molar-refractivity contribution is 5.94. The molecule has 0 radical (unpaired) electrons. The first-order valence-corrected chi connectivity index (χ1v) is 10.7. The molecule has 2 aromatic heterocycles. The number of ether oxygens (including phenoxy) is 2. The summed E-state index contributed by atoms with van der Waals surface area (Å²) in [6.07, 6.45) is 3.29. The number of carbonyl (C=O) groups is 2. The van der Waals surface area contributed by atoms with Gasteiger partial charge in [0.2, 0.25) is 0 Å². The van der Waals surface area contributed by atoms with E-state index in [1.54, 1.807) is 4.90 Å². The first-order chi connectivity index (χ1) is 15.6. The fraction of sp³-hybridized carbons (Fsp3) is 0.333. The number of fused-ring (bicyclic) bond motifs is 3. The Hall–Kier alpha value is -3.68. The number of benzene rings is 1. The Morgan fingerprint density at radius 3 is 2.75 bits per heavy atom. The first kappa shape index (κ1) is 20.2. The van der Waals surface area contributed by atoms with Crippen LogP contribution in [0, 0.1) is 0 Å². The maximum atomic E-state index is 12.5. The lowest BCUT2D eigenvalue weighted by molar-refractivity contribution is -0.141. The van der Waals surface area contributed by atoms with Gasteiger partial charge >= 0.3 is 12.1 Å². The number of carbonyl (C=O) groups excluding carboxylic acids is 2. The number of hydrogen-bond donors (Lipinski definition) is 0. The number of rotatable bonds is 6. The molecule has 2 atom stereocenters. The van der Waals surface area contributed by atoms with Crippen LogP contribution in [0.25, 0.3) is 22.5 Å². The summed E-state index contributed by atoms with van der Waals surface area (Å²) in [5, 5.41) is 4.07. The van der Waals surface area contributed by atoms with Crippen LogP contribution < -0.4 is 4.90 Å². The summed E-state index contributed by atoms with van der Waals surface area (Å²) in [6.45, 7) is 2.01. The van der Waals surface area contributed by atoms with Crippen LogP contribution in [-0.2, 0) is 27.1 Å². The highest BCUT2D eigenvalue weighted by atomic mass is 16.6. The quantitative estimate of drug-likeness (QED) is 0.539. The number of pyridine rings is 1. The number of aryl methyl sites for hydroxylation is 1. The van der Waals surface area contributed by atoms with Gasteiger partial charge in [0, 0.05) is 30.7 Å². The van der Waals surface area contributed by atoms with Gasteiger partial charge in [-0.05, 0) is 42.2 Å². The molecule has 1 amide bonds. The third-order valence-corrected chi connectivity index (χ3v) is 6.11. The van der Waals surface area contributed by atoms with Crippen molar-refractivity contribution in [3.8, 4) is 22.5 Å². The Labute approximate surface area is 185 Å². The maximum Gasteiger partial charge on any atom is 0.415 e. The lowest BCUT2D eigenvalue weighted by Crippen LogP contribution is -2.33. The molecule has 8 heteroatoms. The summed E-state index contributed by atoms with van der Waals surface area (Å²) < 4.78 is 15.5. The predicted octanol–water partition coefficient (Wildman–Crippen LogP) is 4.17. The predicted molar refractivity (Wildman–Crippen MR) is 116 cm³/mol. The average molecular weight is 433 g/mol. The van der Waals surface area contributed by atoms with E-state index < -0.39 is 0 Å². The van der Waals surface area contributed by atoms with E-state index in [0.29, 0.717) is 12.8 Å². The molecule has 3 aromatic rings. The fourth-order valence-corrected chi connectivity index (χ4v) is 4.39. The van der Waals surface area contributed by atoms with Gasteiger partial charge in [0.1, 0.15) is 17.6 Å². The minimum Gasteiger partial charge on any atom is -0.469 e. The monoisotopic (exact) mass is 433 g/mol. The highest BCUT2D eigenvalue weighted by Gasteiger charge is 2.47. The van der Waals surface area contributed by atoms with Crippen molar-refractivity contribution in [2.75, 3.05) is 12.0 Å². The van der Waals surface area contributed by atoms with E-state index in [1.807, 2.05) is 43.5 Å². The second-order valence-corrected chi connectivity index (χ2v) is 7.99. The lowest BCUT2D eigenvalue weighted by Gasteiger charge is -2.16. The molecule has 5 rings (SSSR count). The van der Waals surface area contributed by atoms with Crippen LogP contribution in [0.3, 0.4) is 0 Å². The Bertz CT molecular complexity index is 1170. The van der Waals surface area contributed by atoms with Crippen molar-refractivity contribution in [1.82, 2.24) is 10.1 Å². The van der Waals surface area contributed by atoms with E-state index in [2.05, 4.69) is 16.2 Å². The number of aromatic nitrogens is 2. The van der Waals surface area contributed by atoms with Gasteiger partial charge in [-0.25, -0.2) is 4.79 Å². The summed E-state index contributed by atoms with van der Waals surface area (Å²) in [5.74, 6) is 0.526. The Kier molecular flexibility index (Phi) is 5.13. The van der Waals surface area contributed by atoms with Gasteiger partial charge in [0.15, 0.2) is 0 Å². The third kappa shape index (κ3) is 3.51. The van der Waals surface area contributed by atoms with Gasteiger partial charge in [-0.2, -0.15) is 0 Å². The molecule has 2 aliphatic rings. The maximum absolute atomic E-state index is 12.5. The van der Waals surface area contributed by atoms with Crippen LogP contribution in [0.15, 0.2) is 47.1 Å². The van der Waals surface area contributed by atoms with Crippen LogP contribution in [0.5, 0.6) is 0 Å². The molecule has 0 spiro atoms. The molecule has 164 valence electrons. The molecule has 0 bridgehead atoms. The van der Waals surface area contributed by atoms with Crippen molar-refractivity contribution in [3.05, 3.63) is 53.9 Å². The average Bonchev–Trinajstić information content (AvgIpc) is 3.52. The van der Waals surface area contributed by atoms with Crippen LogP contribution >= 0.6 is 0 Å². The number of nitrogens with zero attached hydrogens (tertiary/aromatic N) is 3. The molecule has 8 nitrogen and oxygen atoms in total. The zero-order valence-corrected chi connectivity index (χ0v) is 17.9. The largest absolute Gasteiger partial charge is 0.469 e. The number of amides is 1. The van der Waals surface area contributed by atoms with Crippen molar-refractivity contribution >= 4 is 17.7 Å². The Balaban J connectivity index is 1.35. The van der Waals surface area contributed by atoms with Crippen LogP contribution in [0.2, 0.25) is 0 Å². The molecule has 4 heterocycles. The molecule has 32 heavy (non-hydrogen) atoms. The van der Waals surface area contributed by atoms with Gasteiger partial charge in [-0.15, -0.1) is 0 Å². The molecule has 0 unspecified atom stereocenters. The summed E-state index contributed by atoms with van der Waals surface area (Å²) >= 11 is 0. The molecule has 0 aliphatic carbocycles. The van der Waals surface area contributed by atoms with E-state index in [-0.39, 0.29) is 30.6 Å². The number of cyclic esters (lactones) is 1. The standard InChI is InChI=1S/C24H23N3O5/c1-3-17-12-19(26-32-17)18-6-4-15(13-25-18)14-5-7-20-16(10-14)11-21-22(8-9-23(28)30-2)31-24(29)27(20)21/h4-7,10,12-13,21-22H,3,8-9,11H2,1-2H3/t21-,22-/m0/s1. The smallest absolute Gasteiger partial charge is 0.415 e. The second-order valence-electron chi connectivity index (χ2n) is 7.99. The van der Waals surface area contributed by atoms with E-state index >= 15 is 0 Å². The fourth-order valence-electron chi connectivity index (χ4n) is 4.39. The molecular weight excluding hydrogens is 410 g/mol. The zero-order valence-electron chi connectivity index (χ0n) is 17.9. The van der Waals surface area contributed by atoms with Crippen LogP contribution in [0.4, 0.5) is 10.5 Å². The summed E-state index contributed by atoms with van der Waals surface area (Å²) in [5.41, 5.74) is 5.43. The van der Waals surface area contributed by atoms with E-state index in [1.165, 1.54) is 7.11 Å². The Morgan fingerprint density at radius 2 is 2.03 bits per heavy atom. The minimum atomic E-state index is -0.360. The number of methoxy groups -OCH3 is 1. The molecule has 1 fully saturated rings. The van der Waals surface area contributed by atoms with Crippen LogP contribution in [-0.4, -0.2) is 41.5 Å². The number of esters is 1. The van der Waals surface area contributed by atoms with Crippen molar-refractivity contribution < 1.29 is 23.6 Å². The second kappa shape index (κ2) is 8.11.